The van der Waals surface area contributed by atoms with Crippen LogP contribution >= 0.6 is 11.6 Å². The Bertz CT molecular complexity index is 1140. The molecule has 10 heteroatoms. The fourth-order valence-corrected chi connectivity index (χ4v) is 3.63. The first-order chi connectivity index (χ1) is 14.3. The Balaban J connectivity index is 1.56. The van der Waals surface area contributed by atoms with Gasteiger partial charge in [0.2, 0.25) is 5.91 Å². The molecule has 0 atom stereocenters. The lowest BCUT2D eigenvalue weighted by atomic mass is 10.1. The van der Waals surface area contributed by atoms with Crippen molar-refractivity contribution in [2.45, 2.75) is 11.3 Å². The smallest absolute Gasteiger partial charge is 0.269 e. The van der Waals surface area contributed by atoms with Crippen molar-refractivity contribution in [2.24, 2.45) is 0 Å². The Morgan fingerprint density at radius 1 is 0.867 bits per heavy atom. The first-order valence-electron chi connectivity index (χ1n) is 8.70. The monoisotopic (exact) mass is 444 g/mol. The molecule has 1 heterocycles. The fourth-order valence-electron chi connectivity index (χ4n) is 2.45. The van der Waals surface area contributed by atoms with Crippen LogP contribution in [0.25, 0.3) is 0 Å². The molecule has 30 heavy (non-hydrogen) atoms. The van der Waals surface area contributed by atoms with Gasteiger partial charge in [-0.1, -0.05) is 23.7 Å². The Hall–Kier alpha value is -3.43. The van der Waals surface area contributed by atoms with Crippen LogP contribution in [0.1, 0.15) is 15.9 Å². The lowest BCUT2D eigenvalue weighted by Crippen LogP contribution is -2.42. The molecule has 3 N–H and O–H groups in total. The van der Waals surface area contributed by atoms with Crippen LogP contribution in [0.3, 0.4) is 0 Å². The minimum absolute atomic E-state index is 0.0114. The number of halogens is 1. The van der Waals surface area contributed by atoms with Crippen molar-refractivity contribution in [1.82, 2.24) is 15.8 Å². The Kier molecular flexibility index (Phi) is 6.65. The van der Waals surface area contributed by atoms with Crippen molar-refractivity contribution in [3.05, 3.63) is 89.2 Å². The molecule has 0 radical (unpaired) electrons. The number of anilines is 1. The molecule has 0 aliphatic rings. The summed E-state index contributed by atoms with van der Waals surface area (Å²) in [5, 5.41) is 0.564. The molecule has 3 aromatic rings. The van der Waals surface area contributed by atoms with Crippen molar-refractivity contribution in [2.75, 3.05) is 4.72 Å². The van der Waals surface area contributed by atoms with Gasteiger partial charge in [-0.25, -0.2) is 8.42 Å². The number of carbonyl (C=O) groups is 2. The SMILES string of the molecule is O=C(Cc1ccc(Cl)cc1)NNC(=O)c1ccc(S(=O)(=O)Nc2ccncc2)cc1. The molecule has 0 unspecified atom stereocenters. The van der Waals surface area contributed by atoms with Gasteiger partial charge >= 0.3 is 0 Å². The molecule has 154 valence electrons. The lowest BCUT2D eigenvalue weighted by molar-refractivity contribution is -0.121. The van der Waals surface area contributed by atoms with E-state index in [1.807, 2.05) is 0 Å². The normalized spacial score (nSPS) is 10.8. The molecular formula is C20H17ClN4O4S. The number of benzene rings is 2. The van der Waals surface area contributed by atoms with Crippen molar-refractivity contribution < 1.29 is 18.0 Å². The molecule has 0 saturated carbocycles. The highest BCUT2D eigenvalue weighted by Gasteiger charge is 2.15. The molecule has 0 saturated heterocycles. The van der Waals surface area contributed by atoms with E-state index in [0.717, 1.165) is 5.56 Å². The lowest BCUT2D eigenvalue weighted by Gasteiger charge is -2.10. The number of pyridine rings is 1. The second-order valence-corrected chi connectivity index (χ2v) is 8.29. The molecule has 3 rings (SSSR count). The van der Waals surface area contributed by atoms with Crippen LogP contribution in [0.15, 0.2) is 78.0 Å². The zero-order chi connectivity index (χ0) is 21.6. The van der Waals surface area contributed by atoms with Crippen LogP contribution in [0, 0.1) is 0 Å². The highest BCUT2D eigenvalue weighted by Crippen LogP contribution is 2.16. The Morgan fingerprint density at radius 2 is 1.50 bits per heavy atom. The predicted octanol–water partition coefficient (Wildman–Crippen LogP) is 2.54. The van der Waals surface area contributed by atoms with Crippen molar-refractivity contribution in [3.63, 3.8) is 0 Å². The number of rotatable bonds is 6. The average Bonchev–Trinajstić information content (AvgIpc) is 2.74. The third-order valence-corrected chi connectivity index (χ3v) is 5.60. The molecule has 0 bridgehead atoms. The van der Waals surface area contributed by atoms with Gasteiger partial charge in [-0.15, -0.1) is 0 Å². The van der Waals surface area contributed by atoms with E-state index in [9.17, 15) is 18.0 Å². The zero-order valence-electron chi connectivity index (χ0n) is 15.5. The minimum atomic E-state index is -3.81. The van der Waals surface area contributed by atoms with E-state index in [1.54, 1.807) is 24.3 Å². The van der Waals surface area contributed by atoms with Crippen LogP contribution in [-0.2, 0) is 21.2 Å². The van der Waals surface area contributed by atoms with Gasteiger partial charge < -0.3 is 0 Å². The number of carbonyl (C=O) groups excluding carboxylic acids is 2. The molecule has 0 aliphatic carbocycles. The van der Waals surface area contributed by atoms with E-state index in [-0.39, 0.29) is 16.9 Å². The number of aromatic nitrogens is 1. The molecule has 0 aliphatic heterocycles. The van der Waals surface area contributed by atoms with Crippen LogP contribution in [0.4, 0.5) is 5.69 Å². The number of sulfonamides is 1. The number of amides is 2. The van der Waals surface area contributed by atoms with E-state index in [1.165, 1.54) is 48.8 Å². The van der Waals surface area contributed by atoms with Gasteiger partial charge in [0.1, 0.15) is 0 Å². The van der Waals surface area contributed by atoms with Gasteiger partial charge in [0.05, 0.1) is 17.0 Å². The average molecular weight is 445 g/mol. The first-order valence-corrected chi connectivity index (χ1v) is 10.6. The highest BCUT2D eigenvalue weighted by atomic mass is 35.5. The topological polar surface area (TPSA) is 117 Å². The van der Waals surface area contributed by atoms with Gasteiger partial charge in [0, 0.05) is 23.0 Å². The summed E-state index contributed by atoms with van der Waals surface area (Å²) in [6, 6.07) is 15.1. The van der Waals surface area contributed by atoms with Gasteiger partial charge in [-0.05, 0) is 54.1 Å². The molecule has 0 spiro atoms. The quantitative estimate of drug-likeness (QED) is 0.505. The van der Waals surface area contributed by atoms with Gasteiger partial charge in [-0.3, -0.25) is 30.1 Å². The third-order valence-electron chi connectivity index (χ3n) is 3.95. The van der Waals surface area contributed by atoms with Crippen LogP contribution < -0.4 is 15.6 Å². The van der Waals surface area contributed by atoms with E-state index in [4.69, 9.17) is 11.6 Å². The maximum Gasteiger partial charge on any atom is 0.269 e. The van der Waals surface area contributed by atoms with Crippen molar-refractivity contribution >= 4 is 39.1 Å². The van der Waals surface area contributed by atoms with E-state index in [0.29, 0.717) is 10.7 Å². The molecule has 2 aromatic carbocycles. The first kappa shape index (κ1) is 21.3. The summed E-state index contributed by atoms with van der Waals surface area (Å²) in [6.45, 7) is 0. The van der Waals surface area contributed by atoms with Crippen molar-refractivity contribution in [3.8, 4) is 0 Å². The van der Waals surface area contributed by atoms with Gasteiger partial charge in [-0.2, -0.15) is 0 Å². The van der Waals surface area contributed by atoms with E-state index in [2.05, 4.69) is 20.6 Å². The predicted molar refractivity (Wildman–Crippen MR) is 112 cm³/mol. The Labute approximate surface area is 178 Å². The van der Waals surface area contributed by atoms with E-state index < -0.39 is 21.8 Å². The number of hydrogen-bond donors (Lipinski definition) is 3. The number of nitrogens with one attached hydrogen (secondary N) is 3. The summed E-state index contributed by atoms with van der Waals surface area (Å²) >= 11 is 5.80. The number of hydrazine groups is 1. The fraction of sp³-hybridized carbons (Fsp3) is 0.0500. The minimum Gasteiger partial charge on any atom is -0.280 e. The number of nitrogens with zero attached hydrogens (tertiary/aromatic N) is 1. The zero-order valence-corrected chi connectivity index (χ0v) is 17.1. The molecule has 0 fully saturated rings. The highest BCUT2D eigenvalue weighted by molar-refractivity contribution is 7.92. The second kappa shape index (κ2) is 9.38. The summed E-state index contributed by atoms with van der Waals surface area (Å²) in [7, 11) is -3.81. The summed E-state index contributed by atoms with van der Waals surface area (Å²) in [5.74, 6) is -0.989. The summed E-state index contributed by atoms with van der Waals surface area (Å²) in [5.41, 5.74) is 5.90. The van der Waals surface area contributed by atoms with Crippen LogP contribution in [-0.4, -0.2) is 25.2 Å². The van der Waals surface area contributed by atoms with Crippen LogP contribution in [0.2, 0.25) is 5.02 Å². The standard InChI is InChI=1S/C20H17ClN4O4S/c21-16-5-1-14(2-6-16)13-19(26)23-24-20(27)15-3-7-18(8-4-15)30(28,29)25-17-9-11-22-12-10-17/h1-12H,13H2,(H,22,25)(H,23,26)(H,24,27). The van der Waals surface area contributed by atoms with Crippen LogP contribution in [0.5, 0.6) is 0 Å². The molecule has 2 amide bonds. The molecule has 1 aromatic heterocycles. The number of hydrogen-bond acceptors (Lipinski definition) is 5. The van der Waals surface area contributed by atoms with Crippen molar-refractivity contribution in [1.29, 1.82) is 0 Å². The summed E-state index contributed by atoms with van der Waals surface area (Å²) < 4.78 is 27.2. The molecule has 8 nitrogen and oxygen atoms in total. The maximum absolute atomic E-state index is 12.4. The summed E-state index contributed by atoms with van der Waals surface area (Å²) in [4.78, 5) is 27.9. The van der Waals surface area contributed by atoms with Gasteiger partial charge in [0.25, 0.3) is 15.9 Å². The Morgan fingerprint density at radius 3 is 2.13 bits per heavy atom. The maximum atomic E-state index is 12.4. The second-order valence-electron chi connectivity index (χ2n) is 6.17. The third kappa shape index (κ3) is 5.79. The van der Waals surface area contributed by atoms with Gasteiger partial charge in [0.15, 0.2) is 0 Å². The molecular weight excluding hydrogens is 428 g/mol. The summed E-state index contributed by atoms with van der Waals surface area (Å²) in [6.07, 6.45) is 2.99. The largest absolute Gasteiger partial charge is 0.280 e. The van der Waals surface area contributed by atoms with E-state index >= 15 is 0 Å².